The molecule has 0 atom stereocenters. The fourth-order valence-electron chi connectivity index (χ4n) is 2.27. The highest BCUT2D eigenvalue weighted by atomic mass is 127. The first-order valence-electron chi connectivity index (χ1n) is 8.84. The van der Waals surface area contributed by atoms with Gasteiger partial charge in [0.15, 0.2) is 5.96 Å². The summed E-state index contributed by atoms with van der Waals surface area (Å²) in [5.41, 5.74) is 3.56. The summed E-state index contributed by atoms with van der Waals surface area (Å²) >= 11 is 1.70. The molecule has 0 aliphatic carbocycles. The number of guanidine groups is 1. The number of thiazole rings is 1. The molecule has 1 heterocycles. The third-order valence-corrected chi connectivity index (χ3v) is 4.52. The molecule has 5 nitrogen and oxygen atoms in total. The minimum atomic E-state index is 0. The van der Waals surface area contributed by atoms with E-state index in [1.807, 2.05) is 6.92 Å². The van der Waals surface area contributed by atoms with Crippen LogP contribution in [0, 0.1) is 6.92 Å². The van der Waals surface area contributed by atoms with Crippen LogP contribution in [0.1, 0.15) is 25.1 Å². The lowest BCUT2D eigenvalue weighted by molar-refractivity contribution is 0.155. The monoisotopic (exact) mass is 488 g/mol. The summed E-state index contributed by atoms with van der Waals surface area (Å²) in [5.74, 6) is 0.830. The molecule has 0 aliphatic heterocycles. The SMILES string of the molecule is CCNC(=NCCOCC)NCCc1csc(-c2ccc(C)cc2)n1.I. The molecule has 1 aromatic heterocycles. The van der Waals surface area contributed by atoms with Crippen molar-refractivity contribution in [2.45, 2.75) is 27.2 Å². The van der Waals surface area contributed by atoms with Gasteiger partial charge in [-0.05, 0) is 20.8 Å². The Bertz CT molecular complexity index is 658. The molecule has 0 spiro atoms. The van der Waals surface area contributed by atoms with Crippen molar-refractivity contribution in [2.75, 3.05) is 32.8 Å². The number of nitrogens with zero attached hydrogens (tertiary/aromatic N) is 2. The number of aromatic nitrogens is 1. The van der Waals surface area contributed by atoms with E-state index in [4.69, 9.17) is 9.72 Å². The second kappa shape index (κ2) is 13.1. The smallest absolute Gasteiger partial charge is 0.191 e. The molecule has 0 aliphatic rings. The minimum absolute atomic E-state index is 0. The highest BCUT2D eigenvalue weighted by Crippen LogP contribution is 2.24. The molecule has 144 valence electrons. The van der Waals surface area contributed by atoms with Gasteiger partial charge in [0.25, 0.3) is 0 Å². The molecule has 0 saturated carbocycles. The van der Waals surface area contributed by atoms with Crippen LogP contribution in [0.4, 0.5) is 0 Å². The number of nitrogens with one attached hydrogen (secondary N) is 2. The maximum atomic E-state index is 5.32. The fraction of sp³-hybridized carbons (Fsp3) is 0.474. The molecule has 0 saturated heterocycles. The van der Waals surface area contributed by atoms with E-state index in [0.29, 0.717) is 13.2 Å². The van der Waals surface area contributed by atoms with Gasteiger partial charge >= 0.3 is 0 Å². The standard InChI is InChI=1S/C19H28N4OS.HI/c1-4-20-19(22-12-13-24-5-2)21-11-10-17-14-25-18(23-17)16-8-6-15(3)7-9-16;/h6-9,14H,4-5,10-13H2,1-3H3,(H2,20,21,22);1H. The molecule has 0 unspecified atom stereocenters. The number of rotatable bonds is 9. The first kappa shape index (κ1) is 22.9. The summed E-state index contributed by atoms with van der Waals surface area (Å²) in [6.45, 7) is 9.84. The van der Waals surface area contributed by atoms with E-state index in [1.165, 1.54) is 11.1 Å². The van der Waals surface area contributed by atoms with E-state index in [1.54, 1.807) is 11.3 Å². The van der Waals surface area contributed by atoms with Crippen LogP contribution in [0.2, 0.25) is 0 Å². The molecule has 0 fully saturated rings. The van der Waals surface area contributed by atoms with E-state index in [-0.39, 0.29) is 24.0 Å². The Balaban J connectivity index is 0.00000338. The summed E-state index contributed by atoms with van der Waals surface area (Å²) in [7, 11) is 0. The van der Waals surface area contributed by atoms with Crippen molar-refractivity contribution < 1.29 is 4.74 Å². The van der Waals surface area contributed by atoms with Crippen molar-refractivity contribution in [3.8, 4) is 10.6 Å². The van der Waals surface area contributed by atoms with Gasteiger partial charge in [0, 0.05) is 37.1 Å². The zero-order valence-corrected chi connectivity index (χ0v) is 18.9. The van der Waals surface area contributed by atoms with Crippen LogP contribution >= 0.6 is 35.3 Å². The third-order valence-electron chi connectivity index (χ3n) is 3.58. The van der Waals surface area contributed by atoms with Crippen LogP contribution in [-0.2, 0) is 11.2 Å². The molecule has 1 aromatic carbocycles. The van der Waals surface area contributed by atoms with Gasteiger partial charge < -0.3 is 15.4 Å². The highest BCUT2D eigenvalue weighted by Gasteiger charge is 2.05. The highest BCUT2D eigenvalue weighted by molar-refractivity contribution is 14.0. The van der Waals surface area contributed by atoms with E-state index in [0.717, 1.165) is 42.8 Å². The zero-order valence-electron chi connectivity index (χ0n) is 15.7. The van der Waals surface area contributed by atoms with Crippen LogP contribution in [0.15, 0.2) is 34.6 Å². The Labute approximate surface area is 177 Å². The Morgan fingerprint density at radius 2 is 1.96 bits per heavy atom. The number of ether oxygens (including phenoxy) is 1. The maximum absolute atomic E-state index is 5.32. The summed E-state index contributed by atoms with van der Waals surface area (Å²) in [5, 5.41) is 9.81. The van der Waals surface area contributed by atoms with Crippen molar-refractivity contribution >= 4 is 41.3 Å². The van der Waals surface area contributed by atoms with Gasteiger partial charge in [-0.3, -0.25) is 4.99 Å². The van der Waals surface area contributed by atoms with Crippen LogP contribution in [0.25, 0.3) is 10.6 Å². The van der Waals surface area contributed by atoms with Crippen LogP contribution in [0.5, 0.6) is 0 Å². The molecule has 2 aromatic rings. The van der Waals surface area contributed by atoms with Crippen molar-refractivity contribution in [2.24, 2.45) is 4.99 Å². The number of benzene rings is 1. The largest absolute Gasteiger partial charge is 0.380 e. The van der Waals surface area contributed by atoms with Gasteiger partial charge in [-0.25, -0.2) is 4.98 Å². The van der Waals surface area contributed by atoms with Gasteiger partial charge in [0.2, 0.25) is 0 Å². The molecule has 26 heavy (non-hydrogen) atoms. The summed E-state index contributed by atoms with van der Waals surface area (Å²) < 4.78 is 5.32. The first-order valence-corrected chi connectivity index (χ1v) is 9.72. The second-order valence-corrected chi connectivity index (χ2v) is 6.50. The Morgan fingerprint density at radius 1 is 1.19 bits per heavy atom. The minimum Gasteiger partial charge on any atom is -0.380 e. The third kappa shape index (κ3) is 8.01. The molecule has 0 radical (unpaired) electrons. The van der Waals surface area contributed by atoms with Crippen LogP contribution in [0.3, 0.4) is 0 Å². The summed E-state index contributed by atoms with van der Waals surface area (Å²) in [4.78, 5) is 9.23. The normalized spacial score (nSPS) is 11.1. The predicted octanol–water partition coefficient (Wildman–Crippen LogP) is 3.87. The van der Waals surface area contributed by atoms with Crippen molar-refractivity contribution in [3.05, 3.63) is 40.9 Å². The topological polar surface area (TPSA) is 58.5 Å². The summed E-state index contributed by atoms with van der Waals surface area (Å²) in [6, 6.07) is 8.51. The fourth-order valence-corrected chi connectivity index (χ4v) is 3.13. The van der Waals surface area contributed by atoms with E-state index in [2.05, 4.69) is 59.1 Å². The number of halogens is 1. The lowest BCUT2D eigenvalue weighted by atomic mass is 10.2. The van der Waals surface area contributed by atoms with Crippen LogP contribution in [-0.4, -0.2) is 43.8 Å². The maximum Gasteiger partial charge on any atom is 0.191 e. The molecular formula is C19H29IN4OS. The van der Waals surface area contributed by atoms with Crippen LogP contribution < -0.4 is 10.6 Å². The first-order chi connectivity index (χ1) is 12.2. The Kier molecular flexibility index (Phi) is 11.5. The molecular weight excluding hydrogens is 459 g/mol. The lowest BCUT2D eigenvalue weighted by Crippen LogP contribution is -2.38. The van der Waals surface area contributed by atoms with E-state index < -0.39 is 0 Å². The zero-order chi connectivity index (χ0) is 17.9. The molecule has 7 heteroatoms. The molecule has 0 amide bonds. The number of aliphatic imine (C=N–C) groups is 1. The van der Waals surface area contributed by atoms with Crippen molar-refractivity contribution in [1.82, 2.24) is 15.6 Å². The Hall–Kier alpha value is -1.19. The van der Waals surface area contributed by atoms with E-state index in [9.17, 15) is 0 Å². The van der Waals surface area contributed by atoms with E-state index >= 15 is 0 Å². The molecule has 0 bridgehead atoms. The quantitative estimate of drug-likeness (QED) is 0.244. The summed E-state index contributed by atoms with van der Waals surface area (Å²) in [6.07, 6.45) is 0.873. The van der Waals surface area contributed by atoms with Gasteiger partial charge in [0.05, 0.1) is 18.8 Å². The van der Waals surface area contributed by atoms with Gasteiger partial charge in [-0.2, -0.15) is 0 Å². The van der Waals surface area contributed by atoms with Gasteiger partial charge in [0.1, 0.15) is 5.01 Å². The number of aryl methyl sites for hydroxylation is 1. The van der Waals surface area contributed by atoms with Crippen molar-refractivity contribution in [3.63, 3.8) is 0 Å². The van der Waals surface area contributed by atoms with Crippen molar-refractivity contribution in [1.29, 1.82) is 0 Å². The molecule has 2 N–H and O–H groups in total. The average molecular weight is 488 g/mol. The lowest BCUT2D eigenvalue weighted by Gasteiger charge is -2.10. The predicted molar refractivity (Wildman–Crippen MR) is 122 cm³/mol. The Morgan fingerprint density at radius 3 is 2.65 bits per heavy atom. The number of hydrogen-bond donors (Lipinski definition) is 2. The second-order valence-electron chi connectivity index (χ2n) is 5.64. The van der Waals surface area contributed by atoms with Gasteiger partial charge in [-0.1, -0.05) is 29.8 Å². The average Bonchev–Trinajstić information content (AvgIpc) is 3.08. The molecule has 2 rings (SSSR count). The number of hydrogen-bond acceptors (Lipinski definition) is 4. The van der Waals surface area contributed by atoms with Gasteiger partial charge in [-0.15, -0.1) is 35.3 Å².